The number of hydrogen-bond donors (Lipinski definition) is 2. The lowest BCUT2D eigenvalue weighted by molar-refractivity contribution is -0.142. The van der Waals surface area contributed by atoms with E-state index < -0.39 is 29.6 Å². The van der Waals surface area contributed by atoms with Crippen LogP contribution in [0.25, 0.3) is 0 Å². The standard InChI is InChI=1S/C10H10F2O3/c1-10(15,5-9(13)14)7-4-6(11)2-3-8(7)12/h2-4,15H,5H2,1H3,(H,13,14). The molecule has 5 heteroatoms. The summed E-state index contributed by atoms with van der Waals surface area (Å²) in [5, 5.41) is 18.2. The minimum atomic E-state index is -1.92. The number of hydrogen-bond acceptors (Lipinski definition) is 2. The van der Waals surface area contributed by atoms with Crippen molar-refractivity contribution in [2.24, 2.45) is 0 Å². The van der Waals surface area contributed by atoms with Crippen LogP contribution in [0, 0.1) is 11.6 Å². The quantitative estimate of drug-likeness (QED) is 0.807. The number of halogens is 2. The lowest BCUT2D eigenvalue weighted by Crippen LogP contribution is -2.26. The molecule has 82 valence electrons. The second kappa shape index (κ2) is 3.94. The van der Waals surface area contributed by atoms with Gasteiger partial charge in [0.15, 0.2) is 0 Å². The second-order valence-electron chi connectivity index (χ2n) is 3.47. The molecule has 1 aromatic carbocycles. The third kappa shape index (κ3) is 2.73. The Morgan fingerprint density at radius 2 is 2.07 bits per heavy atom. The second-order valence-corrected chi connectivity index (χ2v) is 3.47. The predicted molar refractivity (Wildman–Crippen MR) is 48.2 cm³/mol. The van der Waals surface area contributed by atoms with Gasteiger partial charge < -0.3 is 10.2 Å². The Morgan fingerprint density at radius 1 is 1.47 bits per heavy atom. The summed E-state index contributed by atoms with van der Waals surface area (Å²) in [6.07, 6.45) is -0.687. The molecule has 1 aromatic rings. The molecular formula is C10H10F2O3. The molecule has 0 aliphatic rings. The normalized spacial score (nSPS) is 14.7. The summed E-state index contributed by atoms with van der Waals surface area (Å²) in [5.41, 5.74) is -2.28. The van der Waals surface area contributed by atoms with Gasteiger partial charge in [-0.15, -0.1) is 0 Å². The zero-order valence-electron chi connectivity index (χ0n) is 8.00. The van der Waals surface area contributed by atoms with Crippen LogP contribution in [0.3, 0.4) is 0 Å². The molecule has 0 aromatic heterocycles. The molecule has 0 saturated heterocycles. The van der Waals surface area contributed by atoms with Crippen LogP contribution in [-0.2, 0) is 10.4 Å². The number of rotatable bonds is 3. The van der Waals surface area contributed by atoms with E-state index in [1.54, 1.807) is 0 Å². The first kappa shape index (κ1) is 11.6. The number of benzene rings is 1. The Balaban J connectivity index is 3.13. The van der Waals surface area contributed by atoms with Crippen LogP contribution in [0.15, 0.2) is 18.2 Å². The summed E-state index contributed by atoms with van der Waals surface area (Å²) < 4.78 is 26.0. The molecule has 0 aliphatic carbocycles. The van der Waals surface area contributed by atoms with Gasteiger partial charge in [0.2, 0.25) is 0 Å². The maximum Gasteiger partial charge on any atom is 0.306 e. The monoisotopic (exact) mass is 216 g/mol. The average Bonchev–Trinajstić information content (AvgIpc) is 2.06. The molecular weight excluding hydrogens is 206 g/mol. The smallest absolute Gasteiger partial charge is 0.306 e. The van der Waals surface area contributed by atoms with Crippen molar-refractivity contribution >= 4 is 5.97 Å². The Bertz CT molecular complexity index is 388. The van der Waals surface area contributed by atoms with Gasteiger partial charge in [0.05, 0.1) is 6.42 Å². The third-order valence-corrected chi connectivity index (χ3v) is 2.00. The fourth-order valence-corrected chi connectivity index (χ4v) is 1.30. The fourth-order valence-electron chi connectivity index (χ4n) is 1.30. The van der Waals surface area contributed by atoms with Crippen molar-refractivity contribution in [2.75, 3.05) is 0 Å². The zero-order chi connectivity index (χ0) is 11.6. The Labute approximate surface area is 85.0 Å². The fraction of sp³-hybridized carbons (Fsp3) is 0.300. The van der Waals surface area contributed by atoms with Gasteiger partial charge in [-0.05, 0) is 25.1 Å². The molecule has 0 fully saturated rings. The minimum absolute atomic E-state index is 0.357. The van der Waals surface area contributed by atoms with Crippen molar-refractivity contribution in [3.8, 4) is 0 Å². The van der Waals surface area contributed by atoms with Crippen molar-refractivity contribution in [3.05, 3.63) is 35.4 Å². The van der Waals surface area contributed by atoms with Crippen molar-refractivity contribution < 1.29 is 23.8 Å². The van der Waals surface area contributed by atoms with Crippen molar-refractivity contribution in [3.63, 3.8) is 0 Å². The zero-order valence-corrected chi connectivity index (χ0v) is 8.00. The summed E-state index contributed by atoms with van der Waals surface area (Å²) in [6, 6.07) is 2.54. The largest absolute Gasteiger partial charge is 0.481 e. The Hall–Kier alpha value is -1.49. The highest BCUT2D eigenvalue weighted by molar-refractivity contribution is 5.68. The molecule has 0 heterocycles. The molecule has 1 atom stereocenters. The van der Waals surface area contributed by atoms with Gasteiger partial charge in [0.1, 0.15) is 17.2 Å². The molecule has 2 N–H and O–H groups in total. The highest BCUT2D eigenvalue weighted by Crippen LogP contribution is 2.27. The summed E-state index contributed by atoms with van der Waals surface area (Å²) in [5.74, 6) is -2.84. The lowest BCUT2D eigenvalue weighted by atomic mass is 9.92. The predicted octanol–water partition coefficient (Wildman–Crippen LogP) is 1.65. The van der Waals surface area contributed by atoms with Crippen molar-refractivity contribution in [1.29, 1.82) is 0 Å². The number of aliphatic carboxylic acids is 1. The van der Waals surface area contributed by atoms with E-state index in [4.69, 9.17) is 5.11 Å². The van der Waals surface area contributed by atoms with Gasteiger partial charge >= 0.3 is 5.97 Å². The maximum atomic E-state index is 13.2. The van der Waals surface area contributed by atoms with Crippen LogP contribution in [-0.4, -0.2) is 16.2 Å². The first-order chi connectivity index (χ1) is 6.83. The molecule has 1 rings (SSSR count). The molecule has 0 amide bonds. The van der Waals surface area contributed by atoms with E-state index >= 15 is 0 Å². The van der Waals surface area contributed by atoms with Crippen molar-refractivity contribution in [2.45, 2.75) is 18.9 Å². The lowest BCUT2D eigenvalue weighted by Gasteiger charge is -2.22. The summed E-state index contributed by atoms with van der Waals surface area (Å²) >= 11 is 0. The molecule has 0 bridgehead atoms. The molecule has 0 aliphatic heterocycles. The molecule has 15 heavy (non-hydrogen) atoms. The summed E-state index contributed by atoms with van der Waals surface area (Å²) in [6.45, 7) is 1.12. The van der Waals surface area contributed by atoms with Gasteiger partial charge in [0.25, 0.3) is 0 Å². The Kier molecular flexibility index (Phi) is 3.04. The average molecular weight is 216 g/mol. The van der Waals surface area contributed by atoms with E-state index in [2.05, 4.69) is 0 Å². The number of carbonyl (C=O) groups is 1. The Morgan fingerprint density at radius 3 is 2.60 bits per heavy atom. The molecule has 0 saturated carbocycles. The van der Waals surface area contributed by atoms with Crippen LogP contribution in [0.5, 0.6) is 0 Å². The first-order valence-corrected chi connectivity index (χ1v) is 4.22. The third-order valence-electron chi connectivity index (χ3n) is 2.00. The first-order valence-electron chi connectivity index (χ1n) is 4.22. The van der Waals surface area contributed by atoms with E-state index in [0.717, 1.165) is 25.1 Å². The number of carboxylic acid groups (broad SMARTS) is 1. The topological polar surface area (TPSA) is 57.5 Å². The van der Waals surface area contributed by atoms with Gasteiger partial charge in [-0.25, -0.2) is 8.78 Å². The molecule has 3 nitrogen and oxygen atoms in total. The van der Waals surface area contributed by atoms with E-state index in [0.29, 0.717) is 0 Å². The van der Waals surface area contributed by atoms with Gasteiger partial charge in [0, 0.05) is 5.56 Å². The van der Waals surface area contributed by atoms with Crippen molar-refractivity contribution in [1.82, 2.24) is 0 Å². The maximum absolute atomic E-state index is 13.2. The van der Waals surface area contributed by atoms with Gasteiger partial charge in [-0.3, -0.25) is 4.79 Å². The van der Waals surface area contributed by atoms with E-state index in [1.165, 1.54) is 0 Å². The van der Waals surface area contributed by atoms with Crippen LogP contribution in [0.1, 0.15) is 18.9 Å². The van der Waals surface area contributed by atoms with Gasteiger partial charge in [-0.2, -0.15) is 0 Å². The molecule has 0 radical (unpaired) electrons. The minimum Gasteiger partial charge on any atom is -0.481 e. The highest BCUT2D eigenvalue weighted by atomic mass is 19.1. The summed E-state index contributed by atoms with van der Waals surface area (Å²) in [4.78, 5) is 10.4. The summed E-state index contributed by atoms with van der Waals surface area (Å²) in [7, 11) is 0. The van der Waals surface area contributed by atoms with E-state index in [-0.39, 0.29) is 5.56 Å². The molecule has 1 unspecified atom stereocenters. The SMILES string of the molecule is CC(O)(CC(=O)O)c1cc(F)ccc1F. The van der Waals surface area contributed by atoms with Crippen LogP contribution >= 0.6 is 0 Å². The number of carboxylic acids is 1. The van der Waals surface area contributed by atoms with E-state index in [9.17, 15) is 18.7 Å². The van der Waals surface area contributed by atoms with Gasteiger partial charge in [-0.1, -0.05) is 0 Å². The van der Waals surface area contributed by atoms with E-state index in [1.807, 2.05) is 0 Å². The van der Waals surface area contributed by atoms with Crippen LogP contribution in [0.2, 0.25) is 0 Å². The van der Waals surface area contributed by atoms with Crippen LogP contribution < -0.4 is 0 Å². The number of aliphatic hydroxyl groups is 1. The highest BCUT2D eigenvalue weighted by Gasteiger charge is 2.29. The van der Waals surface area contributed by atoms with Crippen LogP contribution in [0.4, 0.5) is 8.78 Å². The molecule has 0 spiro atoms.